The number of nitrogens with zero attached hydrogens (tertiary/aromatic N) is 9. The topological polar surface area (TPSA) is 316 Å². The van der Waals surface area contributed by atoms with Gasteiger partial charge in [-0.2, -0.15) is 0 Å². The molecule has 0 aromatic heterocycles. The predicted octanol–water partition coefficient (Wildman–Crippen LogP) is 5.71. The first-order valence-corrected chi connectivity index (χ1v) is 38.4. The molecule has 0 saturated carbocycles. The third-order valence-electron chi connectivity index (χ3n) is 19.7. The number of methoxy groups -OCH3 is 6. The zero-order chi connectivity index (χ0) is 82.6. The van der Waals surface area contributed by atoms with E-state index in [4.69, 9.17) is 45.6 Å². The maximum absolute atomic E-state index is 15.4. The zero-order valence-electron chi connectivity index (χ0n) is 68.3. The highest BCUT2D eigenvalue weighted by atomic mass is 16.5. The van der Waals surface area contributed by atoms with Gasteiger partial charge in [0.05, 0.1) is 102 Å². The first-order valence-electron chi connectivity index (χ1n) is 38.4. The normalized spacial score (nSPS) is 11.3. The number of amides is 8. The van der Waals surface area contributed by atoms with Gasteiger partial charge in [0.25, 0.3) is 0 Å². The average molecular weight is 1560 g/mol. The third kappa shape index (κ3) is 30.8. The maximum Gasteiger partial charge on any atom is 0.242 e. The molecule has 0 bridgehead atoms. The number of rotatable bonds is 48. The van der Waals surface area contributed by atoms with Gasteiger partial charge < -0.3 is 84.8 Å². The van der Waals surface area contributed by atoms with Gasteiger partial charge in [0, 0.05) is 89.5 Å². The summed E-state index contributed by atoms with van der Waals surface area (Å²) < 4.78 is 32.4. The highest BCUT2D eigenvalue weighted by molar-refractivity contribution is 5.94. The summed E-state index contributed by atoms with van der Waals surface area (Å²) in [6, 6.07) is 43.8. The van der Waals surface area contributed by atoms with Gasteiger partial charge >= 0.3 is 0 Å². The van der Waals surface area contributed by atoms with E-state index in [1.807, 2.05) is 123 Å². The van der Waals surface area contributed by atoms with Crippen LogP contribution in [0.2, 0.25) is 0 Å². The van der Waals surface area contributed by atoms with Gasteiger partial charge in [0.15, 0.2) is 5.78 Å². The number of carbonyl (C=O) groups is 9. The van der Waals surface area contributed by atoms with Crippen molar-refractivity contribution >= 4 is 53.0 Å². The number of hydrogen-bond acceptors (Lipinski definition) is 19. The van der Waals surface area contributed by atoms with Gasteiger partial charge in [-0.3, -0.25) is 48.1 Å². The molecule has 27 nitrogen and oxygen atoms in total. The van der Waals surface area contributed by atoms with Crippen molar-refractivity contribution < 1.29 is 71.6 Å². The summed E-state index contributed by atoms with van der Waals surface area (Å²) >= 11 is 0. The summed E-state index contributed by atoms with van der Waals surface area (Å²) in [6.45, 7) is 7.94. The van der Waals surface area contributed by atoms with Crippen LogP contribution >= 0.6 is 0 Å². The van der Waals surface area contributed by atoms with Gasteiger partial charge in [0.1, 0.15) is 34.5 Å². The van der Waals surface area contributed by atoms with Crippen LogP contribution in [0.4, 0.5) is 0 Å². The minimum atomic E-state index is -0.795. The Morgan fingerprint density at radius 3 is 0.575 bits per heavy atom. The molecule has 6 aromatic carbocycles. The van der Waals surface area contributed by atoms with Crippen LogP contribution in [-0.4, -0.2) is 283 Å². The Bertz CT molecular complexity index is 3970. The molecular formula is C86H120N12O15. The lowest BCUT2D eigenvalue weighted by Crippen LogP contribution is -2.54. The number of carbonyl (C=O) groups excluding carboxylic acids is 9. The summed E-state index contributed by atoms with van der Waals surface area (Å²) in [4.78, 5) is 147. The van der Waals surface area contributed by atoms with E-state index < -0.39 is 91.6 Å². The summed E-state index contributed by atoms with van der Waals surface area (Å²) in [5, 5.41) is 0. The first-order chi connectivity index (χ1) is 54.0. The Hall–Kier alpha value is -10.6. The van der Waals surface area contributed by atoms with Crippen molar-refractivity contribution in [1.29, 1.82) is 0 Å². The Balaban J connectivity index is 1.32. The molecule has 0 unspecified atom stereocenters. The fourth-order valence-corrected chi connectivity index (χ4v) is 12.3. The Morgan fingerprint density at radius 1 is 0.248 bits per heavy atom. The smallest absolute Gasteiger partial charge is 0.242 e. The maximum atomic E-state index is 15.4. The van der Waals surface area contributed by atoms with Crippen molar-refractivity contribution in [1.82, 2.24) is 44.1 Å². The SMILES string of the molecule is COc1ccc(CCN(CC(=O)N(CCc2ccc(OC)cc2)CC(=O)N(CCN)CC(=O)N(CCc2ccc(OC)cc2)CC(=O)N(CCc2ccc(OC)cc2)CC(=O)C(C)(C)C)C(=O)CN(CCN)C(=O)CN(CCc2ccc(OC)cc2)C(=O)CN(CCc2ccc(OC)cc2)C(=O)CN(CCN)C(C)(C)C)cc1. The minimum absolute atomic E-state index is 0.0303. The fourth-order valence-electron chi connectivity index (χ4n) is 12.3. The monoisotopic (exact) mass is 1560 g/mol. The average Bonchev–Trinajstić information content (AvgIpc) is 0.848. The number of benzene rings is 6. The van der Waals surface area contributed by atoms with Crippen LogP contribution in [0.3, 0.4) is 0 Å². The fraction of sp³-hybridized carbons (Fsp3) is 0.477. The number of ketones is 1. The van der Waals surface area contributed by atoms with Crippen LogP contribution in [0, 0.1) is 5.41 Å². The van der Waals surface area contributed by atoms with Crippen molar-refractivity contribution in [3.8, 4) is 34.5 Å². The van der Waals surface area contributed by atoms with E-state index >= 15 is 28.8 Å². The molecule has 6 rings (SSSR count). The van der Waals surface area contributed by atoms with E-state index in [0.717, 1.165) is 33.4 Å². The van der Waals surface area contributed by atoms with Crippen LogP contribution in [0.15, 0.2) is 146 Å². The van der Waals surface area contributed by atoms with Crippen molar-refractivity contribution in [3.63, 3.8) is 0 Å². The van der Waals surface area contributed by atoms with Crippen molar-refractivity contribution in [2.75, 3.05) is 180 Å². The number of ether oxygens (including phenoxy) is 6. The molecule has 27 heteroatoms. The molecule has 113 heavy (non-hydrogen) atoms. The minimum Gasteiger partial charge on any atom is -0.497 e. The number of Topliss-reactive ketones (excluding diaryl/α,β-unsaturated/α-hetero) is 1. The van der Waals surface area contributed by atoms with E-state index in [1.54, 1.807) is 112 Å². The second kappa shape index (κ2) is 46.4. The second-order valence-electron chi connectivity index (χ2n) is 29.7. The molecule has 0 saturated heterocycles. The van der Waals surface area contributed by atoms with Gasteiger partial charge in [-0.05, 0) is 165 Å². The van der Waals surface area contributed by atoms with Crippen molar-refractivity contribution in [2.24, 2.45) is 22.6 Å². The molecule has 0 fully saturated rings. The molecule has 6 N–H and O–H groups in total. The van der Waals surface area contributed by atoms with E-state index in [-0.39, 0.29) is 110 Å². The molecule has 614 valence electrons. The quantitative estimate of drug-likeness (QED) is 0.0411. The zero-order valence-corrected chi connectivity index (χ0v) is 68.3. The summed E-state index contributed by atoms with van der Waals surface area (Å²) in [6.07, 6.45) is 1.85. The third-order valence-corrected chi connectivity index (χ3v) is 19.7. The van der Waals surface area contributed by atoms with E-state index in [2.05, 4.69) is 0 Å². The molecule has 0 spiro atoms. The Kier molecular flexibility index (Phi) is 37.5. The van der Waals surface area contributed by atoms with Crippen LogP contribution in [0.1, 0.15) is 74.9 Å². The lowest BCUT2D eigenvalue weighted by atomic mass is 9.90. The summed E-state index contributed by atoms with van der Waals surface area (Å²) in [5.41, 5.74) is 22.3. The largest absolute Gasteiger partial charge is 0.497 e. The Morgan fingerprint density at radius 2 is 0.416 bits per heavy atom. The number of nitrogens with two attached hydrogens (primary N) is 3. The van der Waals surface area contributed by atoms with E-state index in [1.165, 1.54) is 39.2 Å². The summed E-state index contributed by atoms with van der Waals surface area (Å²) in [7, 11) is 9.34. The molecule has 0 aliphatic rings. The van der Waals surface area contributed by atoms with Gasteiger partial charge in [-0.1, -0.05) is 93.6 Å². The number of hydrogen-bond donors (Lipinski definition) is 3. The lowest BCUT2D eigenvalue weighted by Gasteiger charge is -2.36. The van der Waals surface area contributed by atoms with Gasteiger partial charge in [-0.15, -0.1) is 0 Å². The van der Waals surface area contributed by atoms with Crippen LogP contribution in [0.5, 0.6) is 34.5 Å². The van der Waals surface area contributed by atoms with Crippen LogP contribution in [0.25, 0.3) is 0 Å². The Labute approximate surface area is 667 Å². The van der Waals surface area contributed by atoms with E-state index in [0.29, 0.717) is 73.3 Å². The standard InChI is InChI=1S/C86H120N12O15/c1-85(2,3)76(99)55-90(46-37-64-13-25-70(108-7)26-14-64)77(100)56-91(47-38-65-15-27-71(109-8)28-16-65)80(103)61-96(52-43-87)82(105)59-93(49-40-67-19-31-73(111-10)32-20-67)78(101)57-92(48-39-66-17-29-72(110-9)30-18-66)81(104)62-97(53-44-88)83(106)60-94(50-41-68-21-33-74(112-11)34-22-68)79(102)58-95(51-42-69-23-35-75(113-12)36-24-69)84(107)63-98(54-45-89)86(4,5)6/h13-36H,37-63,87-89H2,1-12H3. The molecule has 0 aliphatic carbocycles. The van der Waals surface area contributed by atoms with Crippen molar-refractivity contribution in [3.05, 3.63) is 179 Å². The highest BCUT2D eigenvalue weighted by Gasteiger charge is 2.34. The van der Waals surface area contributed by atoms with Crippen LogP contribution < -0.4 is 45.6 Å². The molecule has 6 aromatic rings. The highest BCUT2D eigenvalue weighted by Crippen LogP contribution is 2.22. The van der Waals surface area contributed by atoms with Gasteiger partial charge in [0.2, 0.25) is 47.3 Å². The molecule has 0 radical (unpaired) electrons. The molecule has 8 amide bonds. The van der Waals surface area contributed by atoms with E-state index in [9.17, 15) is 14.4 Å². The van der Waals surface area contributed by atoms with Crippen molar-refractivity contribution in [2.45, 2.75) is 85.6 Å². The predicted molar refractivity (Wildman–Crippen MR) is 436 cm³/mol. The molecule has 0 aliphatic heterocycles. The first kappa shape index (κ1) is 91.3. The van der Waals surface area contributed by atoms with Crippen LogP contribution in [-0.2, 0) is 81.7 Å². The molecular weight excluding hydrogens is 1440 g/mol. The molecule has 0 heterocycles. The summed E-state index contributed by atoms with van der Waals surface area (Å²) in [5.74, 6) is -0.949. The second-order valence-corrected chi connectivity index (χ2v) is 29.7. The van der Waals surface area contributed by atoms with Gasteiger partial charge in [-0.25, -0.2) is 0 Å². The lowest BCUT2D eigenvalue weighted by molar-refractivity contribution is -0.148. The molecule has 0 atom stereocenters.